The van der Waals surface area contributed by atoms with Gasteiger partial charge in [0.25, 0.3) is 0 Å². The second-order valence-corrected chi connectivity index (χ2v) is 11.3. The number of ketones is 2. The fraction of sp³-hybridized carbons (Fsp3) is 0.323. The summed E-state index contributed by atoms with van der Waals surface area (Å²) in [6.07, 6.45) is -0.820. The Morgan fingerprint density at radius 3 is 1.60 bits per heavy atom. The van der Waals surface area contributed by atoms with Gasteiger partial charge in [-0.1, -0.05) is 30.3 Å². The number of carbonyl (C=O) groups is 3. The van der Waals surface area contributed by atoms with E-state index in [1.807, 2.05) is 6.07 Å². The van der Waals surface area contributed by atoms with Crippen molar-refractivity contribution >= 4 is 27.4 Å². The van der Waals surface area contributed by atoms with Crippen molar-refractivity contribution in [3.63, 3.8) is 0 Å². The van der Waals surface area contributed by atoms with Gasteiger partial charge in [-0.15, -0.1) is 0 Å². The SMILES string of the molecule is COc1cc(C(=O)CCC(=O)c2cc(OC)c(OC)c(S(=O)(=O)CCC(=O)OCc3ccccc3)c2)cc(OC)c1OC. The van der Waals surface area contributed by atoms with Gasteiger partial charge in [-0.3, -0.25) is 14.4 Å². The van der Waals surface area contributed by atoms with E-state index in [0.29, 0.717) is 5.75 Å². The second-order valence-electron chi connectivity index (χ2n) is 9.19. The van der Waals surface area contributed by atoms with Crippen molar-refractivity contribution in [2.75, 3.05) is 41.3 Å². The molecule has 12 heteroatoms. The maximum atomic E-state index is 13.3. The summed E-state index contributed by atoms with van der Waals surface area (Å²) in [5, 5.41) is 0. The number of methoxy groups -OCH3 is 5. The molecule has 230 valence electrons. The normalized spacial score (nSPS) is 10.9. The molecular formula is C31H34O11S. The van der Waals surface area contributed by atoms with Gasteiger partial charge < -0.3 is 28.4 Å². The molecule has 0 aliphatic carbocycles. The first-order valence-electron chi connectivity index (χ1n) is 13.1. The molecule has 0 unspecified atom stereocenters. The van der Waals surface area contributed by atoms with Gasteiger partial charge in [0, 0.05) is 24.0 Å². The molecule has 0 aliphatic rings. The van der Waals surface area contributed by atoms with Crippen LogP contribution in [0.4, 0.5) is 0 Å². The summed E-state index contributed by atoms with van der Waals surface area (Å²) in [6, 6.07) is 14.5. The van der Waals surface area contributed by atoms with E-state index in [2.05, 4.69) is 0 Å². The Labute approximate surface area is 250 Å². The molecule has 3 aromatic rings. The van der Waals surface area contributed by atoms with Crippen molar-refractivity contribution in [1.82, 2.24) is 0 Å². The summed E-state index contributed by atoms with van der Waals surface area (Å²) in [4.78, 5) is 38.1. The fourth-order valence-electron chi connectivity index (χ4n) is 4.22. The number of sulfone groups is 1. The van der Waals surface area contributed by atoms with Crippen molar-refractivity contribution in [2.24, 2.45) is 0 Å². The number of benzene rings is 3. The van der Waals surface area contributed by atoms with Crippen LogP contribution in [0.1, 0.15) is 45.5 Å². The lowest BCUT2D eigenvalue weighted by Gasteiger charge is -2.15. The molecule has 0 radical (unpaired) electrons. The maximum Gasteiger partial charge on any atom is 0.307 e. The molecule has 11 nitrogen and oxygen atoms in total. The number of hydrogen-bond acceptors (Lipinski definition) is 11. The van der Waals surface area contributed by atoms with Crippen LogP contribution in [0.15, 0.2) is 59.5 Å². The number of esters is 1. The van der Waals surface area contributed by atoms with Crippen LogP contribution in [-0.2, 0) is 26.0 Å². The zero-order valence-electron chi connectivity index (χ0n) is 24.6. The van der Waals surface area contributed by atoms with Crippen LogP contribution < -0.4 is 23.7 Å². The highest BCUT2D eigenvalue weighted by molar-refractivity contribution is 7.91. The zero-order valence-corrected chi connectivity index (χ0v) is 25.4. The first kappa shape index (κ1) is 32.9. The predicted octanol–water partition coefficient (Wildman–Crippen LogP) is 4.48. The average molecular weight is 615 g/mol. The highest BCUT2D eigenvalue weighted by Crippen LogP contribution is 2.39. The number of hydrogen-bond donors (Lipinski definition) is 0. The van der Waals surface area contributed by atoms with Crippen LogP contribution in [0.3, 0.4) is 0 Å². The van der Waals surface area contributed by atoms with Crippen LogP contribution in [0, 0.1) is 0 Å². The minimum atomic E-state index is -4.13. The third-order valence-corrected chi connectivity index (χ3v) is 8.20. The van der Waals surface area contributed by atoms with Gasteiger partial charge in [0.2, 0.25) is 5.75 Å². The van der Waals surface area contributed by atoms with Gasteiger partial charge in [-0.05, 0) is 29.8 Å². The molecule has 0 aromatic heterocycles. The third-order valence-electron chi connectivity index (χ3n) is 6.49. The molecular weight excluding hydrogens is 580 g/mol. The summed E-state index contributed by atoms with van der Waals surface area (Å²) in [6.45, 7) is 0.00958. The monoisotopic (exact) mass is 614 g/mol. The molecule has 0 atom stereocenters. The number of ether oxygens (including phenoxy) is 6. The van der Waals surface area contributed by atoms with Crippen LogP contribution >= 0.6 is 0 Å². The molecule has 0 spiro atoms. The van der Waals surface area contributed by atoms with E-state index in [0.717, 1.165) is 11.6 Å². The molecule has 0 aliphatic heterocycles. The molecule has 0 amide bonds. The predicted molar refractivity (Wildman–Crippen MR) is 156 cm³/mol. The molecule has 0 fully saturated rings. The summed E-state index contributed by atoms with van der Waals surface area (Å²) in [7, 11) is 2.72. The van der Waals surface area contributed by atoms with Crippen LogP contribution in [0.5, 0.6) is 28.7 Å². The van der Waals surface area contributed by atoms with Gasteiger partial charge in [-0.2, -0.15) is 0 Å². The van der Waals surface area contributed by atoms with E-state index in [-0.39, 0.29) is 64.3 Å². The standard InChI is InChI=1S/C31H34O11S/c1-37-25-15-21(16-26(38-2)30(25)40-4)23(32)11-12-24(33)22-17-27(39-3)31(41-5)28(18-22)43(35,36)14-13-29(34)42-19-20-9-7-6-8-10-20/h6-10,15-18H,11-14,19H2,1-5H3. The molecule has 0 bridgehead atoms. The van der Waals surface area contributed by atoms with E-state index >= 15 is 0 Å². The quantitative estimate of drug-likeness (QED) is 0.167. The Kier molecular flexibility index (Phi) is 11.5. The van der Waals surface area contributed by atoms with Crippen molar-refractivity contribution in [1.29, 1.82) is 0 Å². The summed E-state index contributed by atoms with van der Waals surface area (Å²) in [5.74, 6) is -1.35. The van der Waals surface area contributed by atoms with Gasteiger partial charge in [-0.25, -0.2) is 8.42 Å². The Balaban J connectivity index is 1.77. The largest absolute Gasteiger partial charge is 0.493 e. The minimum Gasteiger partial charge on any atom is -0.493 e. The van der Waals surface area contributed by atoms with Crippen LogP contribution in [-0.4, -0.2) is 67.3 Å². The zero-order chi connectivity index (χ0) is 31.6. The summed E-state index contributed by atoms with van der Waals surface area (Å²) >= 11 is 0. The average Bonchev–Trinajstić information content (AvgIpc) is 3.03. The second kappa shape index (κ2) is 15.1. The van der Waals surface area contributed by atoms with Crippen molar-refractivity contribution in [2.45, 2.75) is 30.8 Å². The Bertz CT molecular complexity index is 1540. The molecule has 0 saturated heterocycles. The number of Topliss-reactive ketones (excluding diaryl/α,β-unsaturated/α-hetero) is 2. The Morgan fingerprint density at radius 2 is 1.12 bits per heavy atom. The highest BCUT2D eigenvalue weighted by Gasteiger charge is 2.27. The molecule has 0 saturated carbocycles. The lowest BCUT2D eigenvalue weighted by Crippen LogP contribution is -2.15. The lowest BCUT2D eigenvalue weighted by atomic mass is 10.0. The highest BCUT2D eigenvalue weighted by atomic mass is 32.2. The number of carbonyl (C=O) groups excluding carboxylic acids is 3. The van der Waals surface area contributed by atoms with Gasteiger partial charge in [0.15, 0.2) is 44.4 Å². The van der Waals surface area contributed by atoms with E-state index in [1.54, 1.807) is 24.3 Å². The van der Waals surface area contributed by atoms with Crippen molar-refractivity contribution < 1.29 is 51.2 Å². The molecule has 0 N–H and O–H groups in total. The van der Waals surface area contributed by atoms with Crippen molar-refractivity contribution in [3.05, 3.63) is 71.3 Å². The Hall–Kier alpha value is -4.58. The molecule has 3 rings (SSSR count). The number of rotatable bonds is 16. The topological polar surface area (TPSA) is 141 Å². The minimum absolute atomic E-state index is 0.000529. The summed E-state index contributed by atoms with van der Waals surface area (Å²) < 4.78 is 58.3. The maximum absolute atomic E-state index is 13.3. The lowest BCUT2D eigenvalue weighted by molar-refractivity contribution is -0.144. The van der Waals surface area contributed by atoms with E-state index in [1.165, 1.54) is 53.7 Å². The molecule has 3 aromatic carbocycles. The molecule has 43 heavy (non-hydrogen) atoms. The summed E-state index contributed by atoms with van der Waals surface area (Å²) in [5.41, 5.74) is 1.01. The van der Waals surface area contributed by atoms with Crippen LogP contribution in [0.25, 0.3) is 0 Å². The van der Waals surface area contributed by atoms with E-state index in [4.69, 9.17) is 28.4 Å². The fourth-order valence-corrected chi connectivity index (χ4v) is 5.65. The van der Waals surface area contributed by atoms with E-state index < -0.39 is 33.8 Å². The first-order chi connectivity index (χ1) is 20.6. The van der Waals surface area contributed by atoms with E-state index in [9.17, 15) is 22.8 Å². The Morgan fingerprint density at radius 1 is 0.628 bits per heavy atom. The third kappa shape index (κ3) is 8.25. The van der Waals surface area contributed by atoms with Gasteiger partial charge in [0.1, 0.15) is 11.5 Å². The van der Waals surface area contributed by atoms with Gasteiger partial charge >= 0.3 is 5.97 Å². The smallest absolute Gasteiger partial charge is 0.307 e. The van der Waals surface area contributed by atoms with Gasteiger partial charge in [0.05, 0.1) is 47.7 Å². The molecule has 0 heterocycles. The first-order valence-corrected chi connectivity index (χ1v) is 14.8. The van der Waals surface area contributed by atoms with Crippen LogP contribution in [0.2, 0.25) is 0 Å². The van der Waals surface area contributed by atoms with Crippen molar-refractivity contribution in [3.8, 4) is 28.7 Å².